The van der Waals surface area contributed by atoms with E-state index in [1.54, 1.807) is 6.92 Å². The quantitative estimate of drug-likeness (QED) is 0.310. The van der Waals surface area contributed by atoms with E-state index in [1.165, 1.54) is 41.3 Å². The maximum atomic E-state index is 13.4. The van der Waals surface area contributed by atoms with E-state index in [-0.39, 0.29) is 27.3 Å². The molecule has 2 aromatic carbocycles. The fourth-order valence-corrected chi connectivity index (χ4v) is 4.75. The van der Waals surface area contributed by atoms with E-state index in [4.69, 9.17) is 34.8 Å². The van der Waals surface area contributed by atoms with Crippen LogP contribution in [0.5, 0.6) is 0 Å². The number of carbonyl (C=O) groups excluding carboxylic acids is 2. The van der Waals surface area contributed by atoms with Gasteiger partial charge in [0, 0.05) is 13.1 Å². The summed E-state index contributed by atoms with van der Waals surface area (Å²) in [5, 5.41) is 2.93. The first-order chi connectivity index (χ1) is 16.3. The molecule has 1 atom stereocenters. The molecule has 0 aromatic heterocycles. The fourth-order valence-electron chi connectivity index (χ4n) is 3.20. The SMILES string of the molecule is CCCCNC(=O)[C@H](C)N(Cc1ccc(F)cc1)C(=O)CN(c1cc(Cl)c(Cl)cc1Cl)S(C)(=O)=O. The molecule has 0 radical (unpaired) electrons. The lowest BCUT2D eigenvalue weighted by Crippen LogP contribution is -2.51. The van der Waals surface area contributed by atoms with Crippen molar-refractivity contribution in [3.8, 4) is 0 Å². The van der Waals surface area contributed by atoms with Gasteiger partial charge in [0.05, 0.1) is 27.0 Å². The molecule has 12 heteroatoms. The summed E-state index contributed by atoms with van der Waals surface area (Å²) in [4.78, 5) is 27.4. The van der Waals surface area contributed by atoms with Gasteiger partial charge in [-0.2, -0.15) is 0 Å². The molecule has 0 aliphatic heterocycles. The Morgan fingerprint density at radius 3 is 2.23 bits per heavy atom. The number of benzene rings is 2. The van der Waals surface area contributed by atoms with Gasteiger partial charge in [-0.25, -0.2) is 12.8 Å². The van der Waals surface area contributed by atoms with Crippen molar-refractivity contribution in [2.45, 2.75) is 39.3 Å². The van der Waals surface area contributed by atoms with E-state index in [9.17, 15) is 22.4 Å². The Morgan fingerprint density at radius 1 is 1.06 bits per heavy atom. The highest BCUT2D eigenvalue weighted by molar-refractivity contribution is 7.92. The Labute approximate surface area is 220 Å². The molecule has 2 rings (SSSR count). The van der Waals surface area contributed by atoms with Crippen LogP contribution in [0.2, 0.25) is 15.1 Å². The van der Waals surface area contributed by atoms with Crippen molar-refractivity contribution in [1.82, 2.24) is 10.2 Å². The van der Waals surface area contributed by atoms with Gasteiger partial charge >= 0.3 is 0 Å². The normalized spacial score (nSPS) is 12.2. The van der Waals surface area contributed by atoms with E-state index in [0.29, 0.717) is 12.1 Å². The summed E-state index contributed by atoms with van der Waals surface area (Å²) in [7, 11) is -3.99. The molecule has 0 fully saturated rings. The highest BCUT2D eigenvalue weighted by Crippen LogP contribution is 2.35. The monoisotopic (exact) mass is 565 g/mol. The molecule has 0 unspecified atom stereocenters. The molecule has 2 aromatic rings. The van der Waals surface area contributed by atoms with E-state index >= 15 is 0 Å². The summed E-state index contributed by atoms with van der Waals surface area (Å²) in [5.74, 6) is -1.51. The summed E-state index contributed by atoms with van der Waals surface area (Å²) in [6.07, 6.45) is 2.56. The van der Waals surface area contributed by atoms with Gasteiger partial charge in [-0.3, -0.25) is 13.9 Å². The van der Waals surface area contributed by atoms with Gasteiger partial charge in [0.25, 0.3) is 0 Å². The van der Waals surface area contributed by atoms with Gasteiger partial charge in [0.2, 0.25) is 21.8 Å². The van der Waals surface area contributed by atoms with Gasteiger partial charge in [-0.1, -0.05) is 60.3 Å². The van der Waals surface area contributed by atoms with Gasteiger partial charge in [0.15, 0.2) is 0 Å². The average molecular weight is 567 g/mol. The Bertz CT molecular complexity index is 1160. The van der Waals surface area contributed by atoms with Crippen LogP contribution in [0, 0.1) is 5.82 Å². The minimum absolute atomic E-state index is 0.0203. The Kier molecular flexibility index (Phi) is 10.6. The van der Waals surface area contributed by atoms with E-state index < -0.39 is 40.2 Å². The van der Waals surface area contributed by atoms with Gasteiger partial charge in [0.1, 0.15) is 18.4 Å². The van der Waals surface area contributed by atoms with Crippen LogP contribution < -0.4 is 9.62 Å². The molecule has 35 heavy (non-hydrogen) atoms. The standard InChI is InChI=1S/C23H27Cl3FN3O4S/c1-4-5-10-28-23(32)15(2)29(13-16-6-8-17(27)9-7-16)22(31)14-30(35(3,33)34)21-12-19(25)18(24)11-20(21)26/h6-9,11-12,15H,4-5,10,13-14H2,1-3H3,(H,28,32)/t15-/m0/s1. The number of anilines is 1. The van der Waals surface area contributed by atoms with Gasteiger partial charge in [-0.15, -0.1) is 0 Å². The lowest BCUT2D eigenvalue weighted by Gasteiger charge is -2.31. The number of unbranched alkanes of at least 4 members (excludes halogenated alkanes) is 1. The summed E-state index contributed by atoms with van der Waals surface area (Å²) in [5.41, 5.74) is 0.533. The predicted molar refractivity (Wildman–Crippen MR) is 138 cm³/mol. The Morgan fingerprint density at radius 2 is 1.66 bits per heavy atom. The van der Waals surface area contributed by atoms with E-state index in [1.807, 2.05) is 6.92 Å². The third-order valence-electron chi connectivity index (χ3n) is 5.20. The number of hydrogen-bond acceptors (Lipinski definition) is 4. The number of nitrogens with one attached hydrogen (secondary N) is 1. The molecule has 0 bridgehead atoms. The lowest BCUT2D eigenvalue weighted by molar-refractivity contribution is -0.139. The number of nitrogens with zero attached hydrogens (tertiary/aromatic N) is 2. The second kappa shape index (κ2) is 12.8. The summed E-state index contributed by atoms with van der Waals surface area (Å²) >= 11 is 18.2. The number of carbonyl (C=O) groups is 2. The second-order valence-corrected chi connectivity index (χ2v) is 11.1. The molecular formula is C23H27Cl3FN3O4S. The van der Waals surface area contributed by atoms with Crippen molar-refractivity contribution >= 4 is 62.3 Å². The number of sulfonamides is 1. The fraction of sp³-hybridized carbons (Fsp3) is 0.391. The molecule has 0 heterocycles. The van der Waals surface area contributed by atoms with Crippen molar-refractivity contribution in [2.24, 2.45) is 0 Å². The predicted octanol–water partition coefficient (Wildman–Crippen LogP) is 4.89. The molecule has 2 amide bonds. The molecule has 192 valence electrons. The highest BCUT2D eigenvalue weighted by Gasteiger charge is 2.31. The van der Waals surface area contributed by atoms with Crippen LogP contribution in [0.1, 0.15) is 32.3 Å². The van der Waals surface area contributed by atoms with Crippen LogP contribution in [0.25, 0.3) is 0 Å². The Hall–Kier alpha value is -2.07. The Balaban J connectivity index is 2.41. The molecule has 0 aliphatic rings. The van der Waals surface area contributed by atoms with Crippen LogP contribution in [0.3, 0.4) is 0 Å². The minimum Gasteiger partial charge on any atom is -0.354 e. The third-order valence-corrected chi connectivity index (χ3v) is 7.35. The maximum Gasteiger partial charge on any atom is 0.244 e. The zero-order valence-corrected chi connectivity index (χ0v) is 22.6. The second-order valence-electron chi connectivity index (χ2n) is 7.96. The van der Waals surface area contributed by atoms with E-state index in [2.05, 4.69) is 5.32 Å². The lowest BCUT2D eigenvalue weighted by atomic mass is 10.1. The van der Waals surface area contributed by atoms with Crippen molar-refractivity contribution in [3.63, 3.8) is 0 Å². The van der Waals surface area contributed by atoms with Crippen molar-refractivity contribution in [1.29, 1.82) is 0 Å². The highest BCUT2D eigenvalue weighted by atomic mass is 35.5. The molecule has 1 N–H and O–H groups in total. The first-order valence-corrected chi connectivity index (χ1v) is 13.8. The summed E-state index contributed by atoms with van der Waals surface area (Å²) in [6.45, 7) is 3.26. The van der Waals surface area contributed by atoms with Gasteiger partial charge < -0.3 is 10.2 Å². The number of amides is 2. The van der Waals surface area contributed by atoms with Crippen molar-refractivity contribution in [2.75, 3.05) is 23.7 Å². The minimum atomic E-state index is -3.99. The third kappa shape index (κ3) is 8.24. The molecule has 7 nitrogen and oxygen atoms in total. The molecule has 0 spiro atoms. The number of halogens is 4. The number of hydrogen-bond donors (Lipinski definition) is 1. The first kappa shape index (κ1) is 29.2. The van der Waals surface area contributed by atoms with Gasteiger partial charge in [-0.05, 0) is 43.2 Å². The summed E-state index contributed by atoms with van der Waals surface area (Å²) < 4.78 is 39.4. The topological polar surface area (TPSA) is 86.8 Å². The zero-order chi connectivity index (χ0) is 26.3. The maximum absolute atomic E-state index is 13.4. The average Bonchev–Trinajstić information content (AvgIpc) is 2.78. The molecule has 0 saturated heterocycles. The van der Waals surface area contributed by atoms with Crippen molar-refractivity contribution in [3.05, 3.63) is 62.8 Å². The van der Waals surface area contributed by atoms with Crippen LogP contribution in [0.15, 0.2) is 36.4 Å². The van der Waals surface area contributed by atoms with Crippen molar-refractivity contribution < 1.29 is 22.4 Å². The van der Waals surface area contributed by atoms with Crippen LogP contribution in [0.4, 0.5) is 10.1 Å². The zero-order valence-electron chi connectivity index (χ0n) is 19.5. The smallest absolute Gasteiger partial charge is 0.244 e. The summed E-state index contributed by atoms with van der Waals surface area (Å²) in [6, 6.07) is 7.05. The van der Waals surface area contributed by atoms with Crippen LogP contribution >= 0.6 is 34.8 Å². The van der Waals surface area contributed by atoms with Crippen LogP contribution in [-0.4, -0.2) is 50.5 Å². The molecule has 0 aliphatic carbocycles. The number of rotatable bonds is 11. The molecular weight excluding hydrogens is 540 g/mol. The molecule has 0 saturated carbocycles. The van der Waals surface area contributed by atoms with E-state index in [0.717, 1.165) is 23.4 Å². The first-order valence-electron chi connectivity index (χ1n) is 10.8. The largest absolute Gasteiger partial charge is 0.354 e. The van der Waals surface area contributed by atoms with Crippen LogP contribution in [-0.2, 0) is 26.2 Å².